The van der Waals surface area contributed by atoms with Crippen LogP contribution in [-0.2, 0) is 6.54 Å². The summed E-state index contributed by atoms with van der Waals surface area (Å²) >= 11 is 13.6. The summed E-state index contributed by atoms with van der Waals surface area (Å²) in [6.45, 7) is 3.49. The Bertz CT molecular complexity index is 542. The molecule has 0 spiro atoms. The Kier molecular flexibility index (Phi) is 5.37. The van der Waals surface area contributed by atoms with Gasteiger partial charge in [-0.25, -0.2) is 0 Å². The van der Waals surface area contributed by atoms with Gasteiger partial charge in [-0.3, -0.25) is 0 Å². The number of anilines is 1. The molecule has 0 saturated heterocycles. The van der Waals surface area contributed by atoms with Crippen LogP contribution < -0.4 is 10.1 Å². The molecule has 5 heteroatoms. The van der Waals surface area contributed by atoms with E-state index in [9.17, 15) is 0 Å². The molecule has 0 unspecified atom stereocenters. The van der Waals surface area contributed by atoms with Crippen LogP contribution in [0, 0.1) is 0 Å². The highest BCUT2D eigenvalue weighted by Crippen LogP contribution is 2.28. The molecule has 0 atom stereocenters. The second-order valence-corrected chi connectivity index (χ2v) is 6.26. The van der Waals surface area contributed by atoms with E-state index in [1.165, 1.54) is 4.88 Å². The van der Waals surface area contributed by atoms with Crippen LogP contribution in [0.2, 0.25) is 9.36 Å². The molecule has 0 fully saturated rings. The minimum atomic E-state index is 0.627. The predicted molar refractivity (Wildman–Crippen MR) is 83.9 cm³/mol. The Hall–Kier alpha value is -0.900. The Morgan fingerprint density at radius 2 is 2.05 bits per heavy atom. The van der Waals surface area contributed by atoms with E-state index in [1.807, 2.05) is 30.3 Å². The topological polar surface area (TPSA) is 21.3 Å². The van der Waals surface area contributed by atoms with Crippen LogP contribution in [-0.4, -0.2) is 6.61 Å². The number of hydrogen-bond acceptors (Lipinski definition) is 3. The molecule has 2 rings (SSSR count). The van der Waals surface area contributed by atoms with Crippen LogP contribution in [0.15, 0.2) is 30.3 Å². The van der Waals surface area contributed by atoms with Gasteiger partial charge in [0.25, 0.3) is 0 Å². The average molecular weight is 316 g/mol. The maximum absolute atomic E-state index is 6.17. The first kappa shape index (κ1) is 14.5. The SMILES string of the molecule is CCCOc1ccc(NCc2ccc(Cl)s2)cc1Cl. The van der Waals surface area contributed by atoms with Crippen LogP contribution in [0.3, 0.4) is 0 Å². The molecule has 102 valence electrons. The van der Waals surface area contributed by atoms with E-state index in [-0.39, 0.29) is 0 Å². The number of benzene rings is 1. The first-order valence-electron chi connectivity index (χ1n) is 6.09. The summed E-state index contributed by atoms with van der Waals surface area (Å²) in [6.07, 6.45) is 0.968. The minimum Gasteiger partial charge on any atom is -0.492 e. The molecule has 1 heterocycles. The molecule has 19 heavy (non-hydrogen) atoms. The molecular formula is C14H15Cl2NOS. The predicted octanol–water partition coefficient (Wildman–Crippen LogP) is 5.46. The molecule has 0 aliphatic heterocycles. The Morgan fingerprint density at radius 3 is 2.68 bits per heavy atom. The lowest BCUT2D eigenvalue weighted by molar-refractivity contribution is 0.317. The fraction of sp³-hybridized carbons (Fsp3) is 0.286. The van der Waals surface area contributed by atoms with Crippen molar-refractivity contribution in [1.82, 2.24) is 0 Å². The second kappa shape index (κ2) is 7.04. The molecule has 0 saturated carbocycles. The van der Waals surface area contributed by atoms with Gasteiger partial charge in [0.1, 0.15) is 5.75 Å². The largest absolute Gasteiger partial charge is 0.492 e. The van der Waals surface area contributed by atoms with E-state index in [0.717, 1.165) is 28.7 Å². The van der Waals surface area contributed by atoms with Gasteiger partial charge in [0.2, 0.25) is 0 Å². The molecule has 1 N–H and O–H groups in total. The van der Waals surface area contributed by atoms with Crippen molar-refractivity contribution in [2.75, 3.05) is 11.9 Å². The molecule has 0 bridgehead atoms. The summed E-state index contributed by atoms with van der Waals surface area (Å²) in [4.78, 5) is 1.19. The number of halogens is 2. The second-order valence-electron chi connectivity index (χ2n) is 4.05. The molecule has 0 radical (unpaired) electrons. The first-order valence-corrected chi connectivity index (χ1v) is 7.66. The Balaban J connectivity index is 1.95. The van der Waals surface area contributed by atoms with Gasteiger partial charge in [-0.1, -0.05) is 30.1 Å². The van der Waals surface area contributed by atoms with Crippen molar-refractivity contribution < 1.29 is 4.74 Å². The number of ether oxygens (including phenoxy) is 1. The summed E-state index contributed by atoms with van der Waals surface area (Å²) in [7, 11) is 0. The lowest BCUT2D eigenvalue weighted by Gasteiger charge is -2.10. The van der Waals surface area contributed by atoms with Gasteiger partial charge in [-0.15, -0.1) is 11.3 Å². The molecule has 1 aromatic heterocycles. The number of nitrogens with one attached hydrogen (secondary N) is 1. The Labute approximate surface area is 127 Å². The van der Waals surface area contributed by atoms with E-state index in [2.05, 4.69) is 12.2 Å². The molecule has 2 aromatic rings. The van der Waals surface area contributed by atoms with Crippen molar-refractivity contribution in [2.24, 2.45) is 0 Å². The smallest absolute Gasteiger partial charge is 0.138 e. The lowest BCUT2D eigenvalue weighted by atomic mass is 10.3. The van der Waals surface area contributed by atoms with Crippen LogP contribution in [0.1, 0.15) is 18.2 Å². The highest BCUT2D eigenvalue weighted by Gasteiger charge is 2.03. The fourth-order valence-electron chi connectivity index (χ4n) is 1.58. The average Bonchev–Trinajstić information content (AvgIpc) is 2.81. The van der Waals surface area contributed by atoms with Crippen LogP contribution >= 0.6 is 34.5 Å². The zero-order valence-electron chi connectivity index (χ0n) is 10.6. The monoisotopic (exact) mass is 315 g/mol. The van der Waals surface area contributed by atoms with Gasteiger partial charge in [-0.05, 0) is 36.8 Å². The van der Waals surface area contributed by atoms with E-state index in [1.54, 1.807) is 11.3 Å². The fourth-order valence-corrected chi connectivity index (χ4v) is 2.84. The summed E-state index contributed by atoms with van der Waals surface area (Å²) in [5, 5.41) is 3.94. The Morgan fingerprint density at radius 1 is 1.21 bits per heavy atom. The lowest BCUT2D eigenvalue weighted by Crippen LogP contribution is -1.99. The van der Waals surface area contributed by atoms with Crippen molar-refractivity contribution in [2.45, 2.75) is 19.9 Å². The van der Waals surface area contributed by atoms with E-state index < -0.39 is 0 Å². The highest BCUT2D eigenvalue weighted by molar-refractivity contribution is 7.16. The van der Waals surface area contributed by atoms with Crippen molar-refractivity contribution in [3.05, 3.63) is 44.6 Å². The van der Waals surface area contributed by atoms with Crippen LogP contribution in [0.5, 0.6) is 5.75 Å². The normalized spacial score (nSPS) is 10.5. The summed E-state index contributed by atoms with van der Waals surface area (Å²) < 4.78 is 6.34. The van der Waals surface area contributed by atoms with Crippen molar-refractivity contribution in [3.8, 4) is 5.75 Å². The third kappa shape index (κ3) is 4.30. The third-order valence-electron chi connectivity index (χ3n) is 2.49. The van der Waals surface area contributed by atoms with Gasteiger partial charge in [0.15, 0.2) is 0 Å². The minimum absolute atomic E-state index is 0.627. The third-order valence-corrected chi connectivity index (χ3v) is 4.02. The molecule has 0 amide bonds. The number of thiophene rings is 1. The van der Waals surface area contributed by atoms with Gasteiger partial charge in [0.05, 0.1) is 16.0 Å². The highest BCUT2D eigenvalue weighted by atomic mass is 35.5. The van der Waals surface area contributed by atoms with Crippen molar-refractivity contribution in [3.63, 3.8) is 0 Å². The molecule has 1 aromatic carbocycles. The zero-order chi connectivity index (χ0) is 13.7. The van der Waals surface area contributed by atoms with Gasteiger partial charge in [0, 0.05) is 17.1 Å². The van der Waals surface area contributed by atoms with Crippen molar-refractivity contribution in [1.29, 1.82) is 0 Å². The van der Waals surface area contributed by atoms with Crippen molar-refractivity contribution >= 4 is 40.2 Å². The molecule has 0 aliphatic carbocycles. The molecule has 2 nitrogen and oxygen atoms in total. The summed E-state index contributed by atoms with van der Waals surface area (Å²) in [5.74, 6) is 0.730. The maximum Gasteiger partial charge on any atom is 0.138 e. The van der Waals surface area contributed by atoms with E-state index in [0.29, 0.717) is 11.6 Å². The zero-order valence-corrected chi connectivity index (χ0v) is 12.9. The van der Waals surface area contributed by atoms with E-state index in [4.69, 9.17) is 27.9 Å². The van der Waals surface area contributed by atoms with Crippen LogP contribution in [0.25, 0.3) is 0 Å². The van der Waals surface area contributed by atoms with Crippen LogP contribution in [0.4, 0.5) is 5.69 Å². The molecular weight excluding hydrogens is 301 g/mol. The van der Waals surface area contributed by atoms with Gasteiger partial charge >= 0.3 is 0 Å². The van der Waals surface area contributed by atoms with Gasteiger partial charge in [-0.2, -0.15) is 0 Å². The first-order chi connectivity index (χ1) is 9.19. The summed E-state index contributed by atoms with van der Waals surface area (Å²) in [6, 6.07) is 9.65. The maximum atomic E-state index is 6.17. The quantitative estimate of drug-likeness (QED) is 0.764. The number of rotatable bonds is 6. The molecule has 0 aliphatic rings. The van der Waals surface area contributed by atoms with Gasteiger partial charge < -0.3 is 10.1 Å². The van der Waals surface area contributed by atoms with E-state index >= 15 is 0 Å². The summed E-state index contributed by atoms with van der Waals surface area (Å²) in [5.41, 5.74) is 0.971. The standard InChI is InChI=1S/C14H15Cl2NOS/c1-2-7-18-13-5-3-10(8-12(13)15)17-9-11-4-6-14(16)19-11/h3-6,8,17H,2,7,9H2,1H3. The number of hydrogen-bond donors (Lipinski definition) is 1.